The first-order chi connectivity index (χ1) is 32.0. The Morgan fingerprint density at radius 1 is 0.323 bits per heavy atom. The fraction of sp³-hybridized carbons (Fsp3) is 0.576. The van der Waals surface area contributed by atoms with E-state index in [1.807, 2.05) is 97.2 Å². The van der Waals surface area contributed by atoms with Crippen LogP contribution in [-0.4, -0.2) is 37.2 Å². The molecule has 0 aliphatic carbocycles. The molecule has 6 heteroatoms. The molecule has 0 spiro atoms. The first-order valence-corrected chi connectivity index (χ1v) is 25.8. The third-order valence-electron chi connectivity index (χ3n) is 10.4. The third kappa shape index (κ3) is 50.4. The number of allylic oxidation sites excluding steroid dienone is 22. The lowest BCUT2D eigenvalue weighted by Gasteiger charge is -2.18. The smallest absolute Gasteiger partial charge is 0.306 e. The Morgan fingerprint density at radius 3 is 0.954 bits per heavy atom. The van der Waals surface area contributed by atoms with Crippen LogP contribution in [0, 0.1) is 0 Å². The molecule has 0 bridgehead atoms. The molecular weight excluding hydrogens is 805 g/mol. The number of carbonyl (C=O) groups excluding carboxylic acids is 3. The fourth-order valence-corrected chi connectivity index (χ4v) is 6.61. The molecule has 0 aliphatic heterocycles. The maximum Gasteiger partial charge on any atom is 0.306 e. The van der Waals surface area contributed by atoms with Crippen molar-refractivity contribution in [3.05, 3.63) is 134 Å². The molecule has 0 aliphatic rings. The van der Waals surface area contributed by atoms with Crippen LogP contribution < -0.4 is 0 Å². The van der Waals surface area contributed by atoms with Gasteiger partial charge in [0.15, 0.2) is 6.10 Å². The number of carbonyl (C=O) groups is 3. The molecule has 6 nitrogen and oxygen atoms in total. The minimum Gasteiger partial charge on any atom is -0.462 e. The van der Waals surface area contributed by atoms with Gasteiger partial charge in [0.2, 0.25) is 0 Å². The van der Waals surface area contributed by atoms with Gasteiger partial charge in [0, 0.05) is 19.3 Å². The Kier molecular flexibility index (Phi) is 48.6. The third-order valence-corrected chi connectivity index (χ3v) is 10.4. The van der Waals surface area contributed by atoms with E-state index in [9.17, 15) is 14.4 Å². The van der Waals surface area contributed by atoms with E-state index in [2.05, 4.69) is 57.2 Å². The summed E-state index contributed by atoms with van der Waals surface area (Å²) in [7, 11) is 0. The molecule has 1 atom stereocenters. The number of hydrogen-bond donors (Lipinski definition) is 0. The molecule has 0 aromatic carbocycles. The van der Waals surface area contributed by atoms with Gasteiger partial charge in [-0.2, -0.15) is 0 Å². The number of unbranched alkanes of at least 4 members (excludes halogenated alkanes) is 20. The molecule has 0 fully saturated rings. The lowest BCUT2D eigenvalue weighted by molar-refractivity contribution is -0.167. The normalized spacial score (nSPS) is 13.2. The van der Waals surface area contributed by atoms with Gasteiger partial charge >= 0.3 is 17.9 Å². The molecule has 0 saturated carbocycles. The topological polar surface area (TPSA) is 78.9 Å². The molecule has 0 N–H and O–H groups in total. The number of ether oxygens (including phenoxy) is 3. The SMILES string of the molecule is CC\C=C/C=C\C=C/C=C\C=C\C=C/C=C\CCCCCC(=O)OCC(COC(=O)CCCCCCCCCCCCCCC)OC(=O)CCCCCCC\C=C/C=C\C=C/C=C\CC. The van der Waals surface area contributed by atoms with Crippen molar-refractivity contribution in [3.8, 4) is 0 Å². The highest BCUT2D eigenvalue weighted by Gasteiger charge is 2.19. The molecule has 65 heavy (non-hydrogen) atoms. The average Bonchev–Trinajstić information content (AvgIpc) is 3.30. The first kappa shape index (κ1) is 60.5. The quantitative estimate of drug-likeness (QED) is 0.0262. The van der Waals surface area contributed by atoms with Crippen LogP contribution >= 0.6 is 0 Å². The summed E-state index contributed by atoms with van der Waals surface area (Å²) in [5.41, 5.74) is 0. The summed E-state index contributed by atoms with van der Waals surface area (Å²) >= 11 is 0. The molecule has 0 rings (SSSR count). The lowest BCUT2D eigenvalue weighted by atomic mass is 10.0. The Balaban J connectivity index is 4.55. The van der Waals surface area contributed by atoms with Gasteiger partial charge in [0.1, 0.15) is 13.2 Å². The number of hydrogen-bond acceptors (Lipinski definition) is 6. The van der Waals surface area contributed by atoms with Crippen molar-refractivity contribution < 1.29 is 28.6 Å². The van der Waals surface area contributed by atoms with Crippen molar-refractivity contribution in [3.63, 3.8) is 0 Å². The minimum absolute atomic E-state index is 0.106. The Bertz CT molecular complexity index is 1450. The highest BCUT2D eigenvalue weighted by Crippen LogP contribution is 2.14. The summed E-state index contributed by atoms with van der Waals surface area (Å²) in [6, 6.07) is 0. The van der Waals surface area contributed by atoms with Crippen molar-refractivity contribution in [1.82, 2.24) is 0 Å². The van der Waals surface area contributed by atoms with Crippen molar-refractivity contribution >= 4 is 17.9 Å². The second-order valence-corrected chi connectivity index (χ2v) is 16.6. The molecule has 364 valence electrons. The average molecular weight is 897 g/mol. The molecular formula is C59H92O6. The molecule has 0 amide bonds. The van der Waals surface area contributed by atoms with E-state index in [1.165, 1.54) is 64.2 Å². The van der Waals surface area contributed by atoms with Crippen molar-refractivity contribution in [2.75, 3.05) is 13.2 Å². The van der Waals surface area contributed by atoms with Crippen LogP contribution in [0.1, 0.15) is 201 Å². The van der Waals surface area contributed by atoms with E-state index in [0.717, 1.165) is 96.3 Å². The van der Waals surface area contributed by atoms with Crippen LogP contribution in [0.3, 0.4) is 0 Å². The largest absolute Gasteiger partial charge is 0.462 e. The van der Waals surface area contributed by atoms with Gasteiger partial charge in [-0.15, -0.1) is 0 Å². The minimum atomic E-state index is -0.813. The summed E-state index contributed by atoms with van der Waals surface area (Å²) in [5.74, 6) is -0.984. The summed E-state index contributed by atoms with van der Waals surface area (Å²) in [4.78, 5) is 38.0. The van der Waals surface area contributed by atoms with E-state index in [0.29, 0.717) is 12.8 Å². The summed E-state index contributed by atoms with van der Waals surface area (Å²) in [6.45, 7) is 6.27. The van der Waals surface area contributed by atoms with Crippen molar-refractivity contribution in [2.24, 2.45) is 0 Å². The Hall–Kier alpha value is -4.45. The van der Waals surface area contributed by atoms with Gasteiger partial charge in [-0.3, -0.25) is 14.4 Å². The number of rotatable bonds is 44. The molecule has 0 radical (unpaired) electrons. The number of esters is 3. The highest BCUT2D eigenvalue weighted by atomic mass is 16.6. The monoisotopic (exact) mass is 897 g/mol. The van der Waals surface area contributed by atoms with Crippen LogP contribution in [0.15, 0.2) is 134 Å². The fourth-order valence-electron chi connectivity index (χ4n) is 6.61. The maximum absolute atomic E-state index is 12.8. The van der Waals surface area contributed by atoms with Gasteiger partial charge in [0.05, 0.1) is 0 Å². The predicted octanol–water partition coefficient (Wildman–Crippen LogP) is 17.1. The van der Waals surface area contributed by atoms with Gasteiger partial charge in [-0.1, -0.05) is 257 Å². The van der Waals surface area contributed by atoms with E-state index >= 15 is 0 Å². The zero-order valence-corrected chi connectivity index (χ0v) is 41.4. The maximum atomic E-state index is 12.8. The van der Waals surface area contributed by atoms with E-state index in [4.69, 9.17) is 14.2 Å². The van der Waals surface area contributed by atoms with Crippen molar-refractivity contribution in [1.29, 1.82) is 0 Å². The van der Waals surface area contributed by atoms with Gasteiger partial charge in [0.25, 0.3) is 0 Å². The predicted molar refractivity (Wildman–Crippen MR) is 279 cm³/mol. The molecule has 0 heterocycles. The second-order valence-electron chi connectivity index (χ2n) is 16.6. The molecule has 0 aromatic rings. The molecule has 0 saturated heterocycles. The van der Waals surface area contributed by atoms with E-state index < -0.39 is 6.10 Å². The van der Waals surface area contributed by atoms with Crippen LogP contribution in [-0.2, 0) is 28.6 Å². The molecule has 0 aromatic heterocycles. The summed E-state index contributed by atoms with van der Waals surface area (Å²) in [6.07, 6.45) is 72.8. The zero-order chi connectivity index (χ0) is 47.2. The van der Waals surface area contributed by atoms with Crippen LogP contribution in [0.2, 0.25) is 0 Å². The standard InChI is InChI=1S/C59H92O6/c1-4-7-10-13-16-19-22-25-27-28-29-30-32-34-37-40-43-46-49-52-58(61)64-55-56(54-63-57(60)51-48-45-42-39-36-33-24-21-18-15-12-9-6-3)65-59(62)53-50-47-44-41-38-35-31-26-23-20-17-14-11-8-5-2/h7-8,10-11,13-14,16-17,19-20,22-23,25-32,34,37,56H,4-6,9,12,15,18,21,24,33,35-36,38-55H2,1-3H3/b10-7-,11-8-,16-13-,17-14-,22-19-,23-20-,27-25-,29-28+,31-26-,32-30-,37-34-. The van der Waals surface area contributed by atoms with Crippen LogP contribution in [0.4, 0.5) is 0 Å². The summed E-state index contributed by atoms with van der Waals surface area (Å²) in [5, 5.41) is 0. The Labute approximate surface area is 398 Å². The summed E-state index contributed by atoms with van der Waals surface area (Å²) < 4.78 is 16.7. The van der Waals surface area contributed by atoms with E-state index in [1.54, 1.807) is 0 Å². The second kappa shape index (κ2) is 52.2. The van der Waals surface area contributed by atoms with E-state index in [-0.39, 0.29) is 37.5 Å². The van der Waals surface area contributed by atoms with Gasteiger partial charge in [-0.05, 0) is 57.8 Å². The van der Waals surface area contributed by atoms with Gasteiger partial charge in [-0.25, -0.2) is 0 Å². The molecule has 1 unspecified atom stereocenters. The lowest BCUT2D eigenvalue weighted by Crippen LogP contribution is -2.30. The van der Waals surface area contributed by atoms with Gasteiger partial charge < -0.3 is 14.2 Å². The van der Waals surface area contributed by atoms with Crippen LogP contribution in [0.5, 0.6) is 0 Å². The zero-order valence-electron chi connectivity index (χ0n) is 41.4. The first-order valence-electron chi connectivity index (χ1n) is 25.8. The van der Waals surface area contributed by atoms with Crippen LogP contribution in [0.25, 0.3) is 0 Å². The van der Waals surface area contributed by atoms with Crippen molar-refractivity contribution in [2.45, 2.75) is 207 Å². The Morgan fingerprint density at radius 2 is 0.600 bits per heavy atom. The highest BCUT2D eigenvalue weighted by molar-refractivity contribution is 5.71.